The molecule has 0 spiro atoms. The lowest BCUT2D eigenvalue weighted by atomic mass is 10.2. The van der Waals surface area contributed by atoms with E-state index in [2.05, 4.69) is 17.2 Å². The second kappa shape index (κ2) is 4.45. The SMILES string of the molecule is CCCNc1ccc2c(=O)n(C)c(=O)[nH]c2c1. The van der Waals surface area contributed by atoms with E-state index in [0.29, 0.717) is 10.9 Å². The zero-order valence-corrected chi connectivity index (χ0v) is 9.91. The number of aromatic amines is 1. The predicted molar refractivity (Wildman–Crippen MR) is 68.6 cm³/mol. The number of H-pyrrole nitrogens is 1. The molecule has 1 aromatic heterocycles. The largest absolute Gasteiger partial charge is 0.385 e. The molecule has 90 valence electrons. The van der Waals surface area contributed by atoms with E-state index < -0.39 is 5.69 Å². The lowest BCUT2D eigenvalue weighted by Gasteiger charge is -2.06. The van der Waals surface area contributed by atoms with Crippen LogP contribution in [0.25, 0.3) is 10.9 Å². The maximum atomic E-state index is 11.8. The maximum Gasteiger partial charge on any atom is 0.328 e. The number of hydrogen-bond donors (Lipinski definition) is 2. The van der Waals surface area contributed by atoms with Gasteiger partial charge in [-0.25, -0.2) is 4.79 Å². The van der Waals surface area contributed by atoms with E-state index >= 15 is 0 Å². The van der Waals surface area contributed by atoms with E-state index in [4.69, 9.17) is 0 Å². The van der Waals surface area contributed by atoms with Gasteiger partial charge in [0, 0.05) is 19.3 Å². The van der Waals surface area contributed by atoms with Gasteiger partial charge in [0.05, 0.1) is 10.9 Å². The van der Waals surface area contributed by atoms with Gasteiger partial charge < -0.3 is 10.3 Å². The van der Waals surface area contributed by atoms with E-state index in [1.807, 2.05) is 6.07 Å². The van der Waals surface area contributed by atoms with Crippen LogP contribution < -0.4 is 16.6 Å². The molecule has 0 aliphatic rings. The molecule has 5 nitrogen and oxygen atoms in total. The second-order valence-electron chi connectivity index (χ2n) is 3.98. The fourth-order valence-electron chi connectivity index (χ4n) is 1.69. The van der Waals surface area contributed by atoms with Crippen molar-refractivity contribution >= 4 is 16.6 Å². The monoisotopic (exact) mass is 233 g/mol. The average molecular weight is 233 g/mol. The summed E-state index contributed by atoms with van der Waals surface area (Å²) >= 11 is 0. The van der Waals surface area contributed by atoms with Crippen LogP contribution in [0.3, 0.4) is 0 Å². The first-order chi connectivity index (χ1) is 8.13. The molecule has 0 fully saturated rings. The minimum atomic E-state index is -0.393. The van der Waals surface area contributed by atoms with Crippen LogP contribution in [0.2, 0.25) is 0 Å². The average Bonchev–Trinajstić information content (AvgIpc) is 2.33. The minimum Gasteiger partial charge on any atom is -0.385 e. The number of nitrogens with one attached hydrogen (secondary N) is 2. The molecule has 0 radical (unpaired) electrons. The normalized spacial score (nSPS) is 10.7. The fraction of sp³-hybridized carbons (Fsp3) is 0.333. The summed E-state index contributed by atoms with van der Waals surface area (Å²) in [5, 5.41) is 3.73. The Bertz CT molecular complexity index is 655. The molecule has 2 N–H and O–H groups in total. The minimum absolute atomic E-state index is 0.272. The van der Waals surface area contributed by atoms with Gasteiger partial charge in [0.15, 0.2) is 0 Å². The number of fused-ring (bicyclic) bond motifs is 1. The highest BCUT2D eigenvalue weighted by molar-refractivity contribution is 5.81. The lowest BCUT2D eigenvalue weighted by Crippen LogP contribution is -2.32. The van der Waals surface area contributed by atoms with Gasteiger partial charge in [0.2, 0.25) is 0 Å². The summed E-state index contributed by atoms with van der Waals surface area (Å²) in [4.78, 5) is 25.9. The molecule has 2 aromatic rings. The van der Waals surface area contributed by atoms with Gasteiger partial charge in [0.25, 0.3) is 5.56 Å². The van der Waals surface area contributed by atoms with E-state index in [9.17, 15) is 9.59 Å². The molecular weight excluding hydrogens is 218 g/mol. The number of aromatic nitrogens is 2. The zero-order valence-electron chi connectivity index (χ0n) is 9.91. The predicted octanol–water partition coefficient (Wildman–Crippen LogP) is 1.05. The van der Waals surface area contributed by atoms with E-state index in [1.54, 1.807) is 12.1 Å². The summed E-state index contributed by atoms with van der Waals surface area (Å²) in [7, 11) is 1.46. The Labute approximate surface area is 98.1 Å². The summed E-state index contributed by atoms with van der Waals surface area (Å²) in [5.74, 6) is 0. The smallest absolute Gasteiger partial charge is 0.328 e. The molecule has 0 atom stereocenters. The summed E-state index contributed by atoms with van der Waals surface area (Å²) in [6.45, 7) is 2.94. The number of anilines is 1. The Morgan fingerprint density at radius 1 is 1.35 bits per heavy atom. The van der Waals surface area contributed by atoms with Gasteiger partial charge in [-0.05, 0) is 24.6 Å². The molecule has 5 heteroatoms. The Morgan fingerprint density at radius 3 is 2.82 bits per heavy atom. The third-order valence-corrected chi connectivity index (χ3v) is 2.68. The van der Waals surface area contributed by atoms with Crippen molar-refractivity contribution in [1.82, 2.24) is 9.55 Å². The van der Waals surface area contributed by atoms with Gasteiger partial charge >= 0.3 is 5.69 Å². The van der Waals surface area contributed by atoms with E-state index in [-0.39, 0.29) is 5.56 Å². The molecule has 0 saturated carbocycles. The first kappa shape index (κ1) is 11.4. The quantitative estimate of drug-likeness (QED) is 0.832. The Morgan fingerprint density at radius 2 is 2.12 bits per heavy atom. The zero-order chi connectivity index (χ0) is 12.4. The summed E-state index contributed by atoms with van der Waals surface area (Å²) in [6, 6.07) is 5.36. The number of nitrogens with zero attached hydrogens (tertiary/aromatic N) is 1. The lowest BCUT2D eigenvalue weighted by molar-refractivity contribution is 0.794. The van der Waals surface area contributed by atoms with Crippen LogP contribution in [0, 0.1) is 0 Å². The van der Waals surface area contributed by atoms with Crippen LogP contribution in [0.15, 0.2) is 27.8 Å². The van der Waals surface area contributed by atoms with Crippen LogP contribution >= 0.6 is 0 Å². The second-order valence-corrected chi connectivity index (χ2v) is 3.98. The molecule has 0 bridgehead atoms. The molecule has 1 heterocycles. The first-order valence-electron chi connectivity index (χ1n) is 5.60. The highest BCUT2D eigenvalue weighted by atomic mass is 16.2. The number of hydrogen-bond acceptors (Lipinski definition) is 3. The summed E-state index contributed by atoms with van der Waals surface area (Å²) in [5.41, 5.74) is 0.809. The third-order valence-electron chi connectivity index (χ3n) is 2.68. The molecule has 17 heavy (non-hydrogen) atoms. The van der Waals surface area contributed by atoms with Crippen LogP contribution in [0.4, 0.5) is 5.69 Å². The molecule has 0 amide bonds. The van der Waals surface area contributed by atoms with Crippen molar-refractivity contribution in [2.24, 2.45) is 7.05 Å². The molecule has 1 aromatic carbocycles. The maximum absolute atomic E-state index is 11.8. The molecule has 0 aliphatic heterocycles. The van der Waals surface area contributed by atoms with Crippen LogP contribution in [-0.2, 0) is 7.05 Å². The standard InChI is InChI=1S/C12H15N3O2/c1-3-6-13-8-4-5-9-10(7-8)14-12(17)15(2)11(9)16/h4-5,7,13H,3,6H2,1-2H3,(H,14,17). The topological polar surface area (TPSA) is 66.9 Å². The van der Waals surface area contributed by atoms with E-state index in [1.165, 1.54) is 7.05 Å². The molecule has 0 saturated heterocycles. The Kier molecular flexibility index (Phi) is 2.99. The van der Waals surface area contributed by atoms with Crippen LogP contribution in [0.1, 0.15) is 13.3 Å². The molecule has 0 aliphatic carbocycles. The first-order valence-corrected chi connectivity index (χ1v) is 5.60. The van der Waals surface area contributed by atoms with Gasteiger partial charge in [-0.15, -0.1) is 0 Å². The molecule has 2 rings (SSSR count). The van der Waals surface area contributed by atoms with Crippen LogP contribution in [-0.4, -0.2) is 16.1 Å². The van der Waals surface area contributed by atoms with Crippen molar-refractivity contribution in [2.75, 3.05) is 11.9 Å². The summed E-state index contributed by atoms with van der Waals surface area (Å²) in [6.07, 6.45) is 1.02. The number of rotatable bonds is 3. The van der Waals surface area contributed by atoms with Gasteiger partial charge in [0.1, 0.15) is 0 Å². The number of benzene rings is 1. The highest BCUT2D eigenvalue weighted by Crippen LogP contribution is 2.13. The van der Waals surface area contributed by atoms with Gasteiger partial charge in [-0.2, -0.15) is 0 Å². The highest BCUT2D eigenvalue weighted by Gasteiger charge is 2.04. The van der Waals surface area contributed by atoms with Crippen molar-refractivity contribution in [3.8, 4) is 0 Å². The molecular formula is C12H15N3O2. The fourth-order valence-corrected chi connectivity index (χ4v) is 1.69. The van der Waals surface area contributed by atoms with E-state index in [0.717, 1.165) is 23.2 Å². The van der Waals surface area contributed by atoms with Crippen molar-refractivity contribution in [3.05, 3.63) is 39.0 Å². The van der Waals surface area contributed by atoms with Gasteiger partial charge in [-0.1, -0.05) is 6.92 Å². The van der Waals surface area contributed by atoms with Gasteiger partial charge in [-0.3, -0.25) is 9.36 Å². The van der Waals surface area contributed by atoms with Crippen molar-refractivity contribution in [3.63, 3.8) is 0 Å². The van der Waals surface area contributed by atoms with Crippen molar-refractivity contribution in [2.45, 2.75) is 13.3 Å². The Balaban J connectivity index is 2.59. The van der Waals surface area contributed by atoms with Crippen molar-refractivity contribution < 1.29 is 0 Å². The third kappa shape index (κ3) is 2.08. The molecule has 0 unspecified atom stereocenters. The van der Waals surface area contributed by atoms with Crippen LogP contribution in [0.5, 0.6) is 0 Å². The summed E-state index contributed by atoms with van der Waals surface area (Å²) < 4.78 is 1.07. The van der Waals surface area contributed by atoms with Crippen molar-refractivity contribution in [1.29, 1.82) is 0 Å². The Hall–Kier alpha value is -2.04.